The Bertz CT molecular complexity index is 1890. The van der Waals surface area contributed by atoms with E-state index in [1.54, 1.807) is 16.8 Å². The Kier molecular flexibility index (Phi) is 4.23. The standard InChI is InChI=1S/C26H22N4O4/c1-12(2)11-30-18-6-4-13(3)8-14(18)9-16(26(30)33)20-17-10-27-29-25(17)28-21-15-5-7-19(31)22(32)23(15)34-24(20)21/h4-10,12,32H,11H2,1-3H3,(H2,27,28,29). The predicted octanol–water partition coefficient (Wildman–Crippen LogP) is 4.80. The van der Waals surface area contributed by atoms with E-state index in [1.807, 2.05) is 25.1 Å². The van der Waals surface area contributed by atoms with Crippen LogP contribution >= 0.6 is 0 Å². The second kappa shape index (κ2) is 7.08. The molecule has 8 nitrogen and oxygen atoms in total. The van der Waals surface area contributed by atoms with Crippen LogP contribution in [0.15, 0.2) is 56.6 Å². The zero-order valence-electron chi connectivity index (χ0n) is 18.9. The van der Waals surface area contributed by atoms with E-state index in [0.29, 0.717) is 45.2 Å². The van der Waals surface area contributed by atoms with Gasteiger partial charge in [-0.25, -0.2) is 4.98 Å². The lowest BCUT2D eigenvalue weighted by molar-refractivity contribution is 0.464. The molecule has 8 heteroatoms. The number of H-pyrrole nitrogens is 2. The zero-order valence-corrected chi connectivity index (χ0v) is 18.9. The largest absolute Gasteiger partial charge is 0.502 e. The number of nitrogens with zero attached hydrogens (tertiary/aromatic N) is 2. The van der Waals surface area contributed by atoms with E-state index in [9.17, 15) is 14.7 Å². The maximum Gasteiger partial charge on any atom is 0.259 e. The van der Waals surface area contributed by atoms with Gasteiger partial charge in [0.05, 0.1) is 16.5 Å². The number of phenolic OH excluding ortho intramolecular Hbond substituents is 1. The third kappa shape index (κ3) is 2.81. The van der Waals surface area contributed by atoms with E-state index < -0.39 is 11.2 Å². The van der Waals surface area contributed by atoms with Crippen molar-refractivity contribution in [3.8, 4) is 16.9 Å². The van der Waals surface area contributed by atoms with E-state index in [0.717, 1.165) is 16.5 Å². The molecule has 6 aromatic rings. The van der Waals surface area contributed by atoms with Gasteiger partial charge >= 0.3 is 0 Å². The Morgan fingerprint density at radius 2 is 1.91 bits per heavy atom. The Morgan fingerprint density at radius 3 is 2.71 bits per heavy atom. The molecule has 4 aromatic heterocycles. The highest BCUT2D eigenvalue weighted by molar-refractivity contribution is 6.15. The number of rotatable bonds is 3. The van der Waals surface area contributed by atoms with E-state index in [-0.39, 0.29) is 17.1 Å². The second-order valence-corrected chi connectivity index (χ2v) is 9.16. The fourth-order valence-electron chi connectivity index (χ4n) is 4.72. The number of aromatic nitrogens is 4. The molecule has 170 valence electrons. The quantitative estimate of drug-likeness (QED) is 0.355. The van der Waals surface area contributed by atoms with Gasteiger partial charge in [0, 0.05) is 23.7 Å². The second-order valence-electron chi connectivity index (χ2n) is 9.16. The van der Waals surface area contributed by atoms with Crippen molar-refractivity contribution < 1.29 is 9.52 Å². The van der Waals surface area contributed by atoms with Crippen LogP contribution in [0.5, 0.6) is 5.75 Å². The lowest BCUT2D eigenvalue weighted by Crippen LogP contribution is -2.24. The Morgan fingerprint density at radius 1 is 1.09 bits per heavy atom. The molecule has 4 heterocycles. The van der Waals surface area contributed by atoms with Crippen LogP contribution in [0.3, 0.4) is 0 Å². The molecule has 34 heavy (non-hydrogen) atoms. The van der Waals surface area contributed by atoms with Crippen molar-refractivity contribution in [2.45, 2.75) is 27.3 Å². The van der Waals surface area contributed by atoms with Crippen LogP contribution in [0.1, 0.15) is 19.4 Å². The fourth-order valence-corrected chi connectivity index (χ4v) is 4.72. The molecule has 2 aromatic carbocycles. The van der Waals surface area contributed by atoms with Gasteiger partial charge in [0.2, 0.25) is 11.2 Å². The highest BCUT2D eigenvalue weighted by atomic mass is 16.4. The maximum absolute atomic E-state index is 13.9. The maximum atomic E-state index is 13.9. The van der Waals surface area contributed by atoms with E-state index >= 15 is 0 Å². The van der Waals surface area contributed by atoms with E-state index in [1.165, 1.54) is 6.07 Å². The van der Waals surface area contributed by atoms with Crippen LogP contribution < -0.4 is 11.0 Å². The summed E-state index contributed by atoms with van der Waals surface area (Å²) in [6.45, 7) is 6.73. The SMILES string of the molecule is Cc1ccc2c(c1)cc(-c1c3c[nH][nH]c3nc3c1oc1c(O)c(=O)ccc13)c(=O)n2CC(C)C. The lowest BCUT2D eigenvalue weighted by atomic mass is 10.00. The number of phenols is 1. The summed E-state index contributed by atoms with van der Waals surface area (Å²) in [6.07, 6.45) is 1.73. The summed E-state index contributed by atoms with van der Waals surface area (Å²) in [4.78, 5) is 30.6. The summed E-state index contributed by atoms with van der Waals surface area (Å²) < 4.78 is 7.86. The highest BCUT2D eigenvalue weighted by Gasteiger charge is 2.24. The minimum Gasteiger partial charge on any atom is -0.502 e. The van der Waals surface area contributed by atoms with Crippen molar-refractivity contribution in [1.82, 2.24) is 19.7 Å². The van der Waals surface area contributed by atoms with Gasteiger partial charge < -0.3 is 19.2 Å². The zero-order chi connectivity index (χ0) is 23.7. The van der Waals surface area contributed by atoms with Gasteiger partial charge in [-0.1, -0.05) is 25.5 Å². The van der Waals surface area contributed by atoms with Gasteiger partial charge in [0.15, 0.2) is 16.8 Å². The van der Waals surface area contributed by atoms with Crippen molar-refractivity contribution in [2.75, 3.05) is 0 Å². The molecule has 0 spiro atoms. The van der Waals surface area contributed by atoms with E-state index in [4.69, 9.17) is 4.42 Å². The number of benzene rings is 2. The summed E-state index contributed by atoms with van der Waals surface area (Å²) in [6, 6.07) is 10.8. The topological polar surface area (TPSA) is 117 Å². The first kappa shape index (κ1) is 20.3. The number of aromatic hydroxyl groups is 1. The molecular formula is C26H22N4O4. The number of fused-ring (bicyclic) bond motifs is 5. The molecule has 0 unspecified atom stereocenters. The van der Waals surface area contributed by atoms with Crippen LogP contribution in [0.4, 0.5) is 0 Å². The third-order valence-corrected chi connectivity index (χ3v) is 6.22. The summed E-state index contributed by atoms with van der Waals surface area (Å²) >= 11 is 0. The summed E-state index contributed by atoms with van der Waals surface area (Å²) in [7, 11) is 0. The molecule has 0 fully saturated rings. The number of pyridine rings is 2. The van der Waals surface area contributed by atoms with Crippen molar-refractivity contribution in [3.63, 3.8) is 0 Å². The van der Waals surface area contributed by atoms with Gasteiger partial charge in [-0.05, 0) is 48.6 Å². The summed E-state index contributed by atoms with van der Waals surface area (Å²) in [5.74, 6) is -0.211. The van der Waals surface area contributed by atoms with Gasteiger partial charge in [0.1, 0.15) is 5.52 Å². The van der Waals surface area contributed by atoms with Gasteiger partial charge in [-0.3, -0.25) is 14.7 Å². The Labute approximate surface area is 192 Å². The number of aryl methyl sites for hydroxylation is 1. The number of aromatic amines is 2. The van der Waals surface area contributed by atoms with Gasteiger partial charge in [-0.15, -0.1) is 0 Å². The number of hydrogen-bond acceptors (Lipinski definition) is 5. The van der Waals surface area contributed by atoms with Gasteiger partial charge in [-0.2, -0.15) is 0 Å². The normalized spacial score (nSPS) is 12.1. The lowest BCUT2D eigenvalue weighted by Gasteiger charge is -2.16. The highest BCUT2D eigenvalue weighted by Crippen LogP contribution is 2.40. The third-order valence-electron chi connectivity index (χ3n) is 6.22. The predicted molar refractivity (Wildman–Crippen MR) is 132 cm³/mol. The molecule has 0 aliphatic rings. The first-order valence-corrected chi connectivity index (χ1v) is 11.1. The van der Waals surface area contributed by atoms with Crippen molar-refractivity contribution in [2.24, 2.45) is 5.92 Å². The average Bonchev–Trinajstić information content (AvgIpc) is 3.41. The number of hydrogen-bond donors (Lipinski definition) is 3. The molecule has 0 atom stereocenters. The smallest absolute Gasteiger partial charge is 0.259 e. The molecule has 0 radical (unpaired) electrons. The molecule has 3 N–H and O–H groups in total. The molecule has 0 amide bonds. The molecule has 6 rings (SSSR count). The summed E-state index contributed by atoms with van der Waals surface area (Å²) in [5.41, 5.74) is 3.71. The monoisotopic (exact) mass is 454 g/mol. The first-order chi connectivity index (χ1) is 16.3. The van der Waals surface area contributed by atoms with Crippen LogP contribution in [-0.4, -0.2) is 24.9 Å². The number of furan rings is 1. The van der Waals surface area contributed by atoms with Crippen LogP contribution in [0.25, 0.3) is 55.1 Å². The van der Waals surface area contributed by atoms with Gasteiger partial charge in [0.25, 0.3) is 5.56 Å². The number of nitrogens with one attached hydrogen (secondary N) is 2. The van der Waals surface area contributed by atoms with Crippen LogP contribution in [0, 0.1) is 12.8 Å². The van der Waals surface area contributed by atoms with Crippen molar-refractivity contribution in [3.05, 3.63) is 68.7 Å². The molecular weight excluding hydrogens is 432 g/mol. The Hall–Kier alpha value is -4.33. The average molecular weight is 454 g/mol. The molecule has 0 bridgehead atoms. The van der Waals surface area contributed by atoms with Crippen LogP contribution in [-0.2, 0) is 6.54 Å². The molecule has 0 saturated heterocycles. The Balaban J connectivity index is 1.82. The minimum absolute atomic E-state index is 0.0621. The summed E-state index contributed by atoms with van der Waals surface area (Å²) in [5, 5.41) is 18.4. The van der Waals surface area contributed by atoms with Crippen molar-refractivity contribution in [1.29, 1.82) is 0 Å². The molecule has 0 aliphatic heterocycles. The fraction of sp³-hybridized carbons (Fsp3) is 0.192. The van der Waals surface area contributed by atoms with Crippen LogP contribution in [0.2, 0.25) is 0 Å². The van der Waals surface area contributed by atoms with E-state index in [2.05, 4.69) is 35.1 Å². The molecule has 0 saturated carbocycles. The molecule has 0 aliphatic carbocycles. The minimum atomic E-state index is -0.535. The van der Waals surface area contributed by atoms with Crippen molar-refractivity contribution >= 4 is 44.0 Å². The first-order valence-electron chi connectivity index (χ1n) is 11.1.